The van der Waals surface area contributed by atoms with Gasteiger partial charge >= 0.3 is 5.97 Å². The number of hydrogen-bond acceptors (Lipinski definition) is 3. The summed E-state index contributed by atoms with van der Waals surface area (Å²) in [5, 5.41) is 10.8. The molecule has 5 heteroatoms. The maximum absolute atomic E-state index is 11.6. The first-order valence-corrected chi connectivity index (χ1v) is 7.04. The van der Waals surface area contributed by atoms with Gasteiger partial charge in [-0.05, 0) is 49.4 Å². The number of carboxylic acids is 1. The van der Waals surface area contributed by atoms with Crippen LogP contribution < -0.4 is 10.1 Å². The average molecular weight is 289 g/mol. The highest BCUT2D eigenvalue weighted by Crippen LogP contribution is 2.21. The molecule has 0 saturated heterocycles. The van der Waals surface area contributed by atoms with Crippen LogP contribution in [0.3, 0.4) is 0 Å². The monoisotopic (exact) mass is 289 g/mol. The van der Waals surface area contributed by atoms with Gasteiger partial charge in [0.15, 0.2) is 0 Å². The molecule has 1 aromatic carbocycles. The van der Waals surface area contributed by atoms with Crippen molar-refractivity contribution in [2.75, 3.05) is 13.2 Å². The van der Waals surface area contributed by atoms with Crippen molar-refractivity contribution in [1.82, 2.24) is 5.32 Å². The Morgan fingerprint density at radius 1 is 1.29 bits per heavy atom. The van der Waals surface area contributed by atoms with Gasteiger partial charge in [-0.1, -0.05) is 12.2 Å². The second kappa shape index (κ2) is 7.47. The van der Waals surface area contributed by atoms with Crippen LogP contribution in [0.4, 0.5) is 0 Å². The molecule has 0 bridgehead atoms. The van der Waals surface area contributed by atoms with Crippen molar-refractivity contribution >= 4 is 11.9 Å². The van der Waals surface area contributed by atoms with Gasteiger partial charge in [0, 0.05) is 5.56 Å². The molecule has 0 aliphatic heterocycles. The zero-order valence-corrected chi connectivity index (χ0v) is 11.7. The van der Waals surface area contributed by atoms with E-state index in [1.165, 1.54) is 6.42 Å². The Labute approximate surface area is 123 Å². The van der Waals surface area contributed by atoms with Gasteiger partial charge in [0.05, 0.1) is 6.61 Å². The summed E-state index contributed by atoms with van der Waals surface area (Å²) >= 11 is 0. The first-order valence-electron chi connectivity index (χ1n) is 7.04. The van der Waals surface area contributed by atoms with Gasteiger partial charge in [-0.25, -0.2) is 0 Å². The van der Waals surface area contributed by atoms with E-state index in [0.717, 1.165) is 12.8 Å². The summed E-state index contributed by atoms with van der Waals surface area (Å²) in [7, 11) is 0. The van der Waals surface area contributed by atoms with Crippen LogP contribution in [0.5, 0.6) is 5.75 Å². The minimum Gasteiger partial charge on any atom is -0.494 e. The van der Waals surface area contributed by atoms with Gasteiger partial charge in [0.2, 0.25) is 0 Å². The van der Waals surface area contributed by atoms with E-state index in [9.17, 15) is 9.59 Å². The molecule has 21 heavy (non-hydrogen) atoms. The standard InChI is InChI=1S/C16H19NO4/c18-15(19)11-17-16(20)13-5-7-14(8-6-13)21-10-9-12-3-1-2-4-12/h1,3,5-8,12H,2,4,9-11H2,(H,17,20)(H,18,19). The number of rotatable bonds is 7. The summed E-state index contributed by atoms with van der Waals surface area (Å²) < 4.78 is 5.64. The lowest BCUT2D eigenvalue weighted by Crippen LogP contribution is -2.29. The molecule has 0 spiro atoms. The lowest BCUT2D eigenvalue weighted by molar-refractivity contribution is -0.135. The fourth-order valence-corrected chi connectivity index (χ4v) is 2.22. The van der Waals surface area contributed by atoms with Crippen LogP contribution >= 0.6 is 0 Å². The first kappa shape index (κ1) is 15.1. The summed E-state index contributed by atoms with van der Waals surface area (Å²) in [6.07, 6.45) is 7.79. The van der Waals surface area contributed by atoms with Crippen molar-refractivity contribution in [2.45, 2.75) is 19.3 Å². The second-order valence-electron chi connectivity index (χ2n) is 5.00. The third kappa shape index (κ3) is 4.95. The Kier molecular flexibility index (Phi) is 5.37. The number of amides is 1. The highest BCUT2D eigenvalue weighted by molar-refractivity contribution is 5.95. The summed E-state index contributed by atoms with van der Waals surface area (Å²) in [4.78, 5) is 22.0. The Morgan fingerprint density at radius 2 is 2.05 bits per heavy atom. The molecule has 1 atom stereocenters. The number of allylic oxidation sites excluding steroid dienone is 2. The molecule has 2 rings (SSSR count). The highest BCUT2D eigenvalue weighted by atomic mass is 16.5. The predicted octanol–water partition coefficient (Wildman–Crippen LogP) is 2.24. The minimum absolute atomic E-state index is 0.383. The van der Waals surface area contributed by atoms with Crippen LogP contribution in [0.25, 0.3) is 0 Å². The van der Waals surface area contributed by atoms with Gasteiger partial charge in [0.25, 0.3) is 5.91 Å². The lowest BCUT2D eigenvalue weighted by Gasteiger charge is -2.10. The molecule has 0 heterocycles. The summed E-state index contributed by atoms with van der Waals surface area (Å²) in [6.45, 7) is 0.269. The Balaban J connectivity index is 1.76. The van der Waals surface area contributed by atoms with E-state index in [-0.39, 0.29) is 6.54 Å². The van der Waals surface area contributed by atoms with Gasteiger partial charge in [-0.2, -0.15) is 0 Å². The molecule has 112 valence electrons. The zero-order valence-electron chi connectivity index (χ0n) is 11.7. The van der Waals surface area contributed by atoms with E-state index in [4.69, 9.17) is 9.84 Å². The Morgan fingerprint density at radius 3 is 2.67 bits per heavy atom. The van der Waals surface area contributed by atoms with Crippen molar-refractivity contribution < 1.29 is 19.4 Å². The number of hydrogen-bond donors (Lipinski definition) is 2. The van der Waals surface area contributed by atoms with Gasteiger partial charge in [-0.3, -0.25) is 9.59 Å². The summed E-state index contributed by atoms with van der Waals surface area (Å²) in [5.41, 5.74) is 0.419. The molecule has 1 aliphatic rings. The van der Waals surface area contributed by atoms with Crippen LogP contribution in [-0.2, 0) is 4.79 Å². The van der Waals surface area contributed by atoms with Gasteiger partial charge < -0.3 is 15.2 Å². The van der Waals surface area contributed by atoms with Crippen LogP contribution in [0.2, 0.25) is 0 Å². The molecular formula is C16H19NO4. The number of nitrogens with one attached hydrogen (secondary N) is 1. The Bertz CT molecular complexity index is 522. The fraction of sp³-hybridized carbons (Fsp3) is 0.375. The maximum Gasteiger partial charge on any atom is 0.322 e. The SMILES string of the molecule is O=C(O)CNC(=O)c1ccc(OCCC2C=CCC2)cc1. The molecule has 0 radical (unpaired) electrons. The Hall–Kier alpha value is -2.30. The predicted molar refractivity (Wildman–Crippen MR) is 78.4 cm³/mol. The summed E-state index contributed by atoms with van der Waals surface area (Å²) in [5.74, 6) is -0.137. The first-order chi connectivity index (χ1) is 10.1. The van der Waals surface area contributed by atoms with Crippen molar-refractivity contribution in [3.05, 3.63) is 42.0 Å². The lowest BCUT2D eigenvalue weighted by atomic mass is 10.1. The maximum atomic E-state index is 11.6. The molecule has 0 saturated carbocycles. The number of carbonyl (C=O) groups excluding carboxylic acids is 1. The number of carbonyl (C=O) groups is 2. The topological polar surface area (TPSA) is 75.6 Å². The van der Waals surface area contributed by atoms with Crippen LogP contribution in [0.15, 0.2) is 36.4 Å². The van der Waals surface area contributed by atoms with E-state index in [1.54, 1.807) is 24.3 Å². The molecule has 1 amide bonds. The molecule has 1 unspecified atom stereocenters. The van der Waals surface area contributed by atoms with E-state index < -0.39 is 11.9 Å². The number of ether oxygens (including phenoxy) is 1. The van der Waals surface area contributed by atoms with Gasteiger partial charge in [0.1, 0.15) is 12.3 Å². The number of aliphatic carboxylic acids is 1. The largest absolute Gasteiger partial charge is 0.494 e. The average Bonchev–Trinajstić information content (AvgIpc) is 2.99. The van der Waals surface area contributed by atoms with Crippen LogP contribution in [-0.4, -0.2) is 30.1 Å². The molecule has 5 nitrogen and oxygen atoms in total. The zero-order chi connectivity index (χ0) is 15.1. The van der Waals surface area contributed by atoms with Crippen molar-refractivity contribution in [3.8, 4) is 5.75 Å². The fourth-order valence-electron chi connectivity index (χ4n) is 2.22. The molecule has 2 N–H and O–H groups in total. The minimum atomic E-state index is -1.07. The van der Waals surface area contributed by atoms with E-state index >= 15 is 0 Å². The smallest absolute Gasteiger partial charge is 0.322 e. The third-order valence-electron chi connectivity index (χ3n) is 3.39. The molecule has 1 aromatic rings. The van der Waals surface area contributed by atoms with E-state index in [1.807, 2.05) is 0 Å². The number of benzene rings is 1. The van der Waals surface area contributed by atoms with Crippen LogP contribution in [0, 0.1) is 5.92 Å². The highest BCUT2D eigenvalue weighted by Gasteiger charge is 2.10. The van der Waals surface area contributed by atoms with Crippen molar-refractivity contribution in [1.29, 1.82) is 0 Å². The van der Waals surface area contributed by atoms with Crippen LogP contribution in [0.1, 0.15) is 29.6 Å². The summed E-state index contributed by atoms with van der Waals surface area (Å²) in [6, 6.07) is 6.70. The molecule has 0 aromatic heterocycles. The normalized spacial score (nSPS) is 16.7. The van der Waals surface area contributed by atoms with Gasteiger partial charge in [-0.15, -0.1) is 0 Å². The quantitative estimate of drug-likeness (QED) is 0.755. The molecular weight excluding hydrogens is 270 g/mol. The van der Waals surface area contributed by atoms with E-state index in [0.29, 0.717) is 23.8 Å². The third-order valence-corrected chi connectivity index (χ3v) is 3.39. The molecule has 0 fully saturated rings. The van der Waals surface area contributed by atoms with Crippen molar-refractivity contribution in [3.63, 3.8) is 0 Å². The second-order valence-corrected chi connectivity index (χ2v) is 5.00. The number of carboxylic acid groups (broad SMARTS) is 1. The van der Waals surface area contributed by atoms with Crippen molar-refractivity contribution in [2.24, 2.45) is 5.92 Å². The molecule has 1 aliphatic carbocycles. The van der Waals surface area contributed by atoms with E-state index in [2.05, 4.69) is 17.5 Å².